The van der Waals surface area contributed by atoms with E-state index < -0.39 is 6.10 Å². The van der Waals surface area contributed by atoms with Gasteiger partial charge in [-0.05, 0) is 30.3 Å². The first kappa shape index (κ1) is 19.3. The molecule has 0 aliphatic rings. The number of rotatable bonds is 6. The van der Waals surface area contributed by atoms with E-state index >= 15 is 0 Å². The number of thiophene rings is 1. The summed E-state index contributed by atoms with van der Waals surface area (Å²) >= 11 is 1.29. The largest absolute Gasteiger partial charge is 0.497 e. The summed E-state index contributed by atoms with van der Waals surface area (Å²) in [7, 11) is 3.41. The topological polar surface area (TPSA) is 101 Å². The van der Waals surface area contributed by atoms with E-state index in [1.165, 1.54) is 22.2 Å². The van der Waals surface area contributed by atoms with Crippen molar-refractivity contribution in [2.24, 2.45) is 0 Å². The maximum absolute atomic E-state index is 13.1. The number of hydrogen-bond acceptors (Lipinski definition) is 8. The Hall–Kier alpha value is -3.01. The maximum atomic E-state index is 13.1. The van der Waals surface area contributed by atoms with Crippen LogP contribution in [0.15, 0.2) is 47.7 Å². The van der Waals surface area contributed by atoms with Crippen LogP contribution in [0.2, 0.25) is 0 Å². The Kier molecular flexibility index (Phi) is 5.18. The highest BCUT2D eigenvalue weighted by Crippen LogP contribution is 2.35. The van der Waals surface area contributed by atoms with Gasteiger partial charge in [0.05, 0.1) is 36.6 Å². The molecule has 29 heavy (non-hydrogen) atoms. The second-order valence-electron chi connectivity index (χ2n) is 6.62. The van der Waals surface area contributed by atoms with Crippen LogP contribution in [0.5, 0.6) is 5.75 Å². The van der Waals surface area contributed by atoms with Crippen molar-refractivity contribution in [2.45, 2.75) is 6.10 Å². The molecule has 1 atom stereocenters. The van der Waals surface area contributed by atoms with Crippen molar-refractivity contribution in [3.8, 4) is 11.4 Å². The van der Waals surface area contributed by atoms with Crippen LogP contribution >= 0.6 is 11.3 Å². The second-order valence-corrected chi connectivity index (χ2v) is 7.62. The summed E-state index contributed by atoms with van der Waals surface area (Å²) in [6.45, 7) is -0.0797. The van der Waals surface area contributed by atoms with Gasteiger partial charge in [0.2, 0.25) is 0 Å². The number of methoxy groups -OCH3 is 1. The summed E-state index contributed by atoms with van der Waals surface area (Å²) < 4.78 is 7.17. The molecular weight excluding hydrogens is 392 g/mol. The van der Waals surface area contributed by atoms with Gasteiger partial charge in [0, 0.05) is 19.8 Å². The predicted molar refractivity (Wildman–Crippen MR) is 113 cm³/mol. The quantitative estimate of drug-likeness (QED) is 0.498. The molecule has 1 unspecified atom stereocenters. The highest BCUT2D eigenvalue weighted by molar-refractivity contribution is 7.25. The highest BCUT2D eigenvalue weighted by atomic mass is 32.1. The van der Waals surface area contributed by atoms with Gasteiger partial charge in [0.25, 0.3) is 5.56 Å². The Morgan fingerprint density at radius 1 is 1.24 bits per heavy atom. The van der Waals surface area contributed by atoms with E-state index in [1.807, 2.05) is 18.0 Å². The van der Waals surface area contributed by atoms with Crippen molar-refractivity contribution in [1.82, 2.24) is 14.5 Å². The first-order chi connectivity index (χ1) is 14.0. The normalized spacial score (nSPS) is 12.4. The molecule has 0 saturated heterocycles. The van der Waals surface area contributed by atoms with Gasteiger partial charge in [0.15, 0.2) is 0 Å². The monoisotopic (exact) mass is 412 g/mol. The van der Waals surface area contributed by atoms with E-state index in [0.717, 1.165) is 11.1 Å². The molecule has 0 aliphatic carbocycles. The highest BCUT2D eigenvalue weighted by Gasteiger charge is 2.19. The average Bonchev–Trinajstić information content (AvgIpc) is 3.13. The fraction of sp³-hybridized carbons (Fsp3) is 0.250. The van der Waals surface area contributed by atoms with Gasteiger partial charge < -0.3 is 19.8 Å². The number of fused-ring (bicyclic) bond motifs is 3. The van der Waals surface area contributed by atoms with Crippen LogP contribution in [0.25, 0.3) is 26.1 Å². The Balaban J connectivity index is 1.86. The standard InChI is InChI=1S/C20H20N4O4S/c1-23(9-13(26)10-25)15-7-8-21-19-16(15)17-18(29-19)20(27)24(11-22-17)12-3-5-14(28-2)6-4-12/h3-8,11,13,25-26H,9-10H2,1-2H3. The molecule has 4 rings (SSSR count). The van der Waals surface area contributed by atoms with Crippen LogP contribution in [0.3, 0.4) is 0 Å². The number of anilines is 1. The lowest BCUT2D eigenvalue weighted by molar-refractivity contribution is 0.101. The Morgan fingerprint density at radius 3 is 2.69 bits per heavy atom. The Labute approximate surface area is 170 Å². The molecule has 1 aromatic carbocycles. The molecule has 0 fully saturated rings. The van der Waals surface area contributed by atoms with Crippen LogP contribution in [-0.4, -0.2) is 58.2 Å². The van der Waals surface area contributed by atoms with E-state index in [1.54, 1.807) is 37.6 Å². The summed E-state index contributed by atoms with van der Waals surface area (Å²) in [5.41, 5.74) is 1.89. The molecule has 4 aromatic rings. The first-order valence-electron chi connectivity index (χ1n) is 8.97. The van der Waals surface area contributed by atoms with Gasteiger partial charge in [-0.3, -0.25) is 9.36 Å². The van der Waals surface area contributed by atoms with E-state index in [2.05, 4.69) is 9.97 Å². The van der Waals surface area contributed by atoms with Gasteiger partial charge in [-0.25, -0.2) is 9.97 Å². The third-order valence-corrected chi connectivity index (χ3v) is 5.79. The van der Waals surface area contributed by atoms with Crippen molar-refractivity contribution in [3.63, 3.8) is 0 Å². The number of aliphatic hydroxyl groups is 2. The lowest BCUT2D eigenvalue weighted by atomic mass is 10.2. The van der Waals surface area contributed by atoms with E-state index in [0.29, 0.717) is 26.5 Å². The Bertz CT molecular complexity index is 1220. The molecule has 0 spiro atoms. The fourth-order valence-corrected chi connectivity index (χ4v) is 4.30. The van der Waals surface area contributed by atoms with Crippen molar-refractivity contribution >= 4 is 37.5 Å². The number of benzene rings is 1. The number of pyridine rings is 1. The van der Waals surface area contributed by atoms with Crippen molar-refractivity contribution in [2.75, 3.05) is 32.2 Å². The van der Waals surface area contributed by atoms with E-state index in [9.17, 15) is 9.90 Å². The molecule has 0 amide bonds. The molecular formula is C20H20N4O4S. The fourth-order valence-electron chi connectivity index (χ4n) is 3.25. The minimum Gasteiger partial charge on any atom is -0.497 e. The van der Waals surface area contributed by atoms with E-state index in [4.69, 9.17) is 9.84 Å². The molecule has 0 bridgehead atoms. The number of likely N-dealkylation sites (N-methyl/N-ethyl adjacent to an activating group) is 1. The molecule has 0 saturated carbocycles. The summed E-state index contributed by atoms with van der Waals surface area (Å²) in [4.78, 5) is 24.6. The van der Waals surface area contributed by atoms with Crippen molar-refractivity contribution in [3.05, 3.63) is 53.2 Å². The number of aromatic nitrogens is 3. The number of hydrogen-bond donors (Lipinski definition) is 2. The van der Waals surface area contributed by atoms with E-state index in [-0.39, 0.29) is 18.7 Å². The third-order valence-electron chi connectivity index (χ3n) is 4.72. The molecule has 0 aliphatic heterocycles. The number of nitrogens with zero attached hydrogens (tertiary/aromatic N) is 4. The van der Waals surface area contributed by atoms with Gasteiger partial charge >= 0.3 is 0 Å². The summed E-state index contributed by atoms with van der Waals surface area (Å²) in [5, 5.41) is 19.7. The average molecular weight is 412 g/mol. The summed E-state index contributed by atoms with van der Waals surface area (Å²) in [6, 6.07) is 8.99. The number of ether oxygens (including phenoxy) is 1. The Morgan fingerprint density at radius 2 is 2.00 bits per heavy atom. The van der Waals surface area contributed by atoms with Crippen LogP contribution < -0.4 is 15.2 Å². The number of aliphatic hydroxyl groups excluding tert-OH is 2. The van der Waals surface area contributed by atoms with Gasteiger partial charge in [0.1, 0.15) is 27.1 Å². The zero-order valence-electron chi connectivity index (χ0n) is 15.9. The molecule has 8 nitrogen and oxygen atoms in total. The van der Waals surface area contributed by atoms with Crippen LogP contribution in [-0.2, 0) is 0 Å². The maximum Gasteiger partial charge on any atom is 0.275 e. The van der Waals surface area contributed by atoms with Crippen molar-refractivity contribution in [1.29, 1.82) is 0 Å². The minimum atomic E-state index is -0.867. The lowest BCUT2D eigenvalue weighted by Gasteiger charge is -2.22. The lowest BCUT2D eigenvalue weighted by Crippen LogP contribution is -2.31. The second kappa shape index (κ2) is 7.78. The molecule has 0 radical (unpaired) electrons. The SMILES string of the molecule is COc1ccc(-n2cnc3c(sc4nccc(N(C)CC(O)CO)c43)c2=O)cc1. The van der Waals surface area contributed by atoms with Crippen LogP contribution in [0.1, 0.15) is 0 Å². The van der Waals surface area contributed by atoms with Crippen molar-refractivity contribution < 1.29 is 14.9 Å². The van der Waals surface area contributed by atoms with Crippen LogP contribution in [0.4, 0.5) is 5.69 Å². The molecule has 2 N–H and O–H groups in total. The summed E-state index contributed by atoms with van der Waals surface area (Å²) in [5.74, 6) is 0.708. The molecule has 9 heteroatoms. The zero-order chi connectivity index (χ0) is 20.5. The summed E-state index contributed by atoms with van der Waals surface area (Å²) in [6.07, 6.45) is 2.31. The zero-order valence-corrected chi connectivity index (χ0v) is 16.8. The smallest absolute Gasteiger partial charge is 0.275 e. The third kappa shape index (κ3) is 3.44. The van der Waals surface area contributed by atoms with Crippen LogP contribution in [0, 0.1) is 0 Å². The minimum absolute atomic E-state index is 0.174. The molecule has 150 valence electrons. The predicted octanol–water partition coefficient (Wildman–Crippen LogP) is 1.79. The van der Waals surface area contributed by atoms with Gasteiger partial charge in [-0.1, -0.05) is 0 Å². The molecule has 3 heterocycles. The van der Waals surface area contributed by atoms with Gasteiger partial charge in [-0.2, -0.15) is 0 Å². The molecule has 3 aromatic heterocycles. The first-order valence-corrected chi connectivity index (χ1v) is 9.78. The van der Waals surface area contributed by atoms with Gasteiger partial charge in [-0.15, -0.1) is 11.3 Å².